The molecule has 0 radical (unpaired) electrons. The van der Waals surface area contributed by atoms with E-state index in [1.165, 1.54) is 24.1 Å². The molecule has 0 aromatic carbocycles. The Hall–Kier alpha value is -0.580. The van der Waals surface area contributed by atoms with E-state index in [-0.39, 0.29) is 25.1 Å². The number of aliphatic hydroxyl groups excluding tert-OH is 1. The Balaban J connectivity index is 0.00000112. The van der Waals surface area contributed by atoms with Crippen LogP contribution in [0.15, 0.2) is 6.20 Å². The summed E-state index contributed by atoms with van der Waals surface area (Å²) in [5.74, 6) is 0. The topological polar surface area (TPSA) is 64.1 Å². The fraction of sp³-hybridized carbons (Fsp3) is 0.700. The molecule has 1 aromatic rings. The van der Waals surface area contributed by atoms with Crippen LogP contribution in [-0.2, 0) is 13.0 Å². The monoisotopic (exact) mass is 231 g/mol. The molecule has 15 heavy (non-hydrogen) atoms. The van der Waals surface area contributed by atoms with Crippen LogP contribution in [-0.4, -0.2) is 21.5 Å². The molecular formula is C10H18ClN3O. The summed E-state index contributed by atoms with van der Waals surface area (Å²) >= 11 is 0. The van der Waals surface area contributed by atoms with Crippen LogP contribution in [0, 0.1) is 0 Å². The molecule has 1 aliphatic rings. The van der Waals surface area contributed by atoms with Crippen molar-refractivity contribution in [3.63, 3.8) is 0 Å². The van der Waals surface area contributed by atoms with Crippen LogP contribution in [0.1, 0.15) is 36.6 Å². The van der Waals surface area contributed by atoms with Crippen molar-refractivity contribution in [3.8, 4) is 0 Å². The number of halogens is 1. The molecule has 3 N–H and O–H groups in total. The summed E-state index contributed by atoms with van der Waals surface area (Å²) in [6, 6.07) is 0.139. The van der Waals surface area contributed by atoms with Gasteiger partial charge in [-0.05, 0) is 19.3 Å². The van der Waals surface area contributed by atoms with Crippen LogP contribution >= 0.6 is 12.4 Å². The molecule has 0 fully saturated rings. The molecule has 2 rings (SSSR count). The summed E-state index contributed by atoms with van der Waals surface area (Å²) in [5, 5.41) is 13.1. The average molecular weight is 232 g/mol. The Morgan fingerprint density at radius 3 is 3.07 bits per heavy atom. The molecule has 1 aromatic heterocycles. The van der Waals surface area contributed by atoms with Gasteiger partial charge in [-0.25, -0.2) is 0 Å². The smallest absolute Gasteiger partial charge is 0.0644 e. The minimum atomic E-state index is 0. The molecule has 0 bridgehead atoms. The second kappa shape index (κ2) is 5.49. The first-order valence-electron chi connectivity index (χ1n) is 5.24. The van der Waals surface area contributed by atoms with E-state index in [0.717, 1.165) is 12.8 Å². The molecule has 0 amide bonds. The summed E-state index contributed by atoms with van der Waals surface area (Å²) in [4.78, 5) is 0. The van der Waals surface area contributed by atoms with Gasteiger partial charge in [-0.2, -0.15) is 5.10 Å². The maximum Gasteiger partial charge on any atom is 0.0644 e. The predicted molar refractivity (Wildman–Crippen MR) is 61.0 cm³/mol. The van der Waals surface area contributed by atoms with Gasteiger partial charge in [0.1, 0.15) is 0 Å². The molecular weight excluding hydrogens is 214 g/mol. The molecule has 1 unspecified atom stereocenters. The van der Waals surface area contributed by atoms with Crippen molar-refractivity contribution in [2.75, 3.05) is 6.61 Å². The highest BCUT2D eigenvalue weighted by molar-refractivity contribution is 5.85. The van der Waals surface area contributed by atoms with Crippen molar-refractivity contribution in [1.29, 1.82) is 0 Å². The SMILES string of the molecule is Cl.NC1CCCCc2c1cnn2CCO. The van der Waals surface area contributed by atoms with Gasteiger partial charge in [0, 0.05) is 17.3 Å². The van der Waals surface area contributed by atoms with E-state index in [2.05, 4.69) is 5.10 Å². The number of fused-ring (bicyclic) bond motifs is 1. The van der Waals surface area contributed by atoms with Crippen LogP contribution < -0.4 is 5.73 Å². The summed E-state index contributed by atoms with van der Waals surface area (Å²) in [6.07, 6.45) is 6.33. The number of rotatable bonds is 2. The first kappa shape index (κ1) is 12.5. The van der Waals surface area contributed by atoms with Crippen LogP contribution in [0.4, 0.5) is 0 Å². The Kier molecular flexibility index (Phi) is 4.57. The van der Waals surface area contributed by atoms with Crippen LogP contribution in [0.3, 0.4) is 0 Å². The third-order valence-electron chi connectivity index (χ3n) is 2.87. The van der Waals surface area contributed by atoms with Gasteiger partial charge in [0.15, 0.2) is 0 Å². The lowest BCUT2D eigenvalue weighted by Gasteiger charge is -2.08. The Morgan fingerprint density at radius 2 is 2.33 bits per heavy atom. The lowest BCUT2D eigenvalue weighted by atomic mass is 10.1. The number of aliphatic hydroxyl groups is 1. The molecule has 1 atom stereocenters. The Morgan fingerprint density at radius 1 is 1.53 bits per heavy atom. The second-order valence-corrected chi connectivity index (χ2v) is 3.85. The van der Waals surface area contributed by atoms with Crippen LogP contribution in [0.2, 0.25) is 0 Å². The van der Waals surface area contributed by atoms with Crippen molar-refractivity contribution in [1.82, 2.24) is 9.78 Å². The second-order valence-electron chi connectivity index (χ2n) is 3.85. The average Bonchev–Trinajstić information content (AvgIpc) is 2.47. The predicted octanol–water partition coefficient (Wildman–Crippen LogP) is 1.02. The largest absolute Gasteiger partial charge is 0.394 e. The molecule has 86 valence electrons. The van der Waals surface area contributed by atoms with Gasteiger partial charge in [-0.3, -0.25) is 4.68 Å². The molecule has 0 spiro atoms. The first-order valence-corrected chi connectivity index (χ1v) is 5.24. The fourth-order valence-corrected chi connectivity index (χ4v) is 2.11. The van der Waals surface area contributed by atoms with Crippen molar-refractivity contribution in [3.05, 3.63) is 17.5 Å². The van der Waals surface area contributed by atoms with Crippen molar-refractivity contribution in [2.45, 2.75) is 38.3 Å². The quantitative estimate of drug-likeness (QED) is 0.748. The van der Waals surface area contributed by atoms with Gasteiger partial charge < -0.3 is 10.8 Å². The summed E-state index contributed by atoms with van der Waals surface area (Å²) < 4.78 is 1.89. The van der Waals surface area contributed by atoms with Gasteiger partial charge in [-0.15, -0.1) is 12.4 Å². The number of nitrogens with two attached hydrogens (primary N) is 1. The molecule has 0 saturated heterocycles. The highest BCUT2D eigenvalue weighted by Crippen LogP contribution is 2.26. The van der Waals surface area contributed by atoms with Crippen molar-refractivity contribution >= 4 is 12.4 Å². The normalized spacial score (nSPS) is 20.3. The summed E-state index contributed by atoms with van der Waals surface area (Å²) in [6.45, 7) is 0.728. The molecule has 1 heterocycles. The zero-order valence-electron chi connectivity index (χ0n) is 8.72. The number of aromatic nitrogens is 2. The summed E-state index contributed by atoms with van der Waals surface area (Å²) in [7, 11) is 0. The van der Waals surface area contributed by atoms with E-state index in [4.69, 9.17) is 10.8 Å². The van der Waals surface area contributed by atoms with E-state index >= 15 is 0 Å². The lowest BCUT2D eigenvalue weighted by Crippen LogP contribution is -2.12. The first-order chi connectivity index (χ1) is 6.83. The van der Waals surface area contributed by atoms with E-state index < -0.39 is 0 Å². The molecule has 4 nitrogen and oxygen atoms in total. The van der Waals surface area contributed by atoms with Gasteiger partial charge in [0.25, 0.3) is 0 Å². The van der Waals surface area contributed by atoms with Crippen LogP contribution in [0.25, 0.3) is 0 Å². The minimum Gasteiger partial charge on any atom is -0.394 e. The van der Waals surface area contributed by atoms with E-state index in [1.54, 1.807) is 0 Å². The highest BCUT2D eigenvalue weighted by Gasteiger charge is 2.19. The molecule has 1 aliphatic carbocycles. The van der Waals surface area contributed by atoms with Gasteiger partial charge in [0.2, 0.25) is 0 Å². The zero-order chi connectivity index (χ0) is 9.97. The van der Waals surface area contributed by atoms with Crippen molar-refractivity contribution in [2.24, 2.45) is 5.73 Å². The highest BCUT2D eigenvalue weighted by atomic mass is 35.5. The number of hydrogen-bond donors (Lipinski definition) is 2. The maximum absolute atomic E-state index is 8.88. The number of hydrogen-bond acceptors (Lipinski definition) is 3. The molecule has 5 heteroatoms. The number of nitrogens with zero attached hydrogens (tertiary/aromatic N) is 2. The zero-order valence-corrected chi connectivity index (χ0v) is 9.54. The third-order valence-corrected chi connectivity index (χ3v) is 2.87. The minimum absolute atomic E-state index is 0. The van der Waals surface area contributed by atoms with E-state index in [1.807, 2.05) is 10.9 Å². The maximum atomic E-state index is 8.88. The Labute approximate surface area is 95.9 Å². The van der Waals surface area contributed by atoms with E-state index in [9.17, 15) is 0 Å². The molecule has 0 saturated carbocycles. The van der Waals surface area contributed by atoms with Gasteiger partial charge in [-0.1, -0.05) is 6.42 Å². The van der Waals surface area contributed by atoms with Gasteiger partial charge in [0.05, 0.1) is 19.3 Å². The lowest BCUT2D eigenvalue weighted by molar-refractivity contribution is 0.267. The van der Waals surface area contributed by atoms with Gasteiger partial charge >= 0.3 is 0 Å². The fourth-order valence-electron chi connectivity index (χ4n) is 2.11. The summed E-state index contributed by atoms with van der Waals surface area (Å²) in [5.41, 5.74) is 8.44. The molecule has 0 aliphatic heterocycles. The standard InChI is InChI=1S/C10H17N3O.ClH/c11-9-3-1-2-4-10-8(9)7-12-13(10)5-6-14;/h7,9,14H,1-6,11H2;1H. The van der Waals surface area contributed by atoms with Crippen LogP contribution in [0.5, 0.6) is 0 Å². The van der Waals surface area contributed by atoms with E-state index in [0.29, 0.717) is 6.54 Å². The third kappa shape index (κ3) is 2.51. The Bertz CT molecular complexity index is 314. The van der Waals surface area contributed by atoms with Crippen molar-refractivity contribution < 1.29 is 5.11 Å².